The maximum atomic E-state index is 9.81. The molecular weight excluding hydrogens is 324 g/mol. The summed E-state index contributed by atoms with van der Waals surface area (Å²) in [6.45, 7) is 11.0. The van der Waals surface area contributed by atoms with Gasteiger partial charge in [0, 0.05) is 36.3 Å². The average Bonchev–Trinajstić information content (AvgIpc) is 2.85. The van der Waals surface area contributed by atoms with Gasteiger partial charge in [0.25, 0.3) is 0 Å². The minimum atomic E-state index is -0.636. The molecule has 2 aliphatic rings. The van der Waals surface area contributed by atoms with E-state index in [0.29, 0.717) is 18.5 Å². The molecule has 1 aromatic rings. The first-order chi connectivity index (χ1) is 12.1. The number of allylic oxidation sites excluding steroid dienone is 2. The smallest absolute Gasteiger partial charge is 0.0938 e. The molecule has 2 atom stereocenters. The third-order valence-corrected chi connectivity index (χ3v) is 6.11. The summed E-state index contributed by atoms with van der Waals surface area (Å²) in [6.07, 6.45) is 4.45. The maximum absolute atomic E-state index is 9.81. The Kier molecular flexibility index (Phi) is 5.22. The molecule has 1 saturated heterocycles. The molecule has 1 aliphatic heterocycles. The number of hydrogen-bond acceptors (Lipinski definition) is 4. The van der Waals surface area contributed by atoms with Crippen LogP contribution in [0.5, 0.6) is 0 Å². The van der Waals surface area contributed by atoms with Crippen LogP contribution in [-0.4, -0.2) is 47.0 Å². The molecule has 4 N–H and O–H groups in total. The van der Waals surface area contributed by atoms with Crippen molar-refractivity contribution in [3.8, 4) is 0 Å². The molecule has 144 valence electrons. The zero-order chi connectivity index (χ0) is 19.1. The molecule has 0 radical (unpaired) electrons. The third kappa shape index (κ3) is 4.13. The van der Waals surface area contributed by atoms with Gasteiger partial charge in [0.05, 0.1) is 12.2 Å². The van der Waals surface area contributed by atoms with E-state index in [4.69, 9.17) is 5.73 Å². The summed E-state index contributed by atoms with van der Waals surface area (Å²) in [4.78, 5) is 2.15. The lowest BCUT2D eigenvalue weighted by Gasteiger charge is -2.32. The highest BCUT2D eigenvalue weighted by atomic mass is 16.3. The average molecular weight is 359 g/mol. The summed E-state index contributed by atoms with van der Waals surface area (Å²) < 4.78 is 0. The van der Waals surface area contributed by atoms with E-state index in [9.17, 15) is 10.2 Å². The molecular formula is C22H34N2O2. The number of nitrogen functional groups attached to an aromatic ring is 1. The molecule has 4 heteroatoms. The van der Waals surface area contributed by atoms with Crippen molar-refractivity contribution in [2.24, 2.45) is 5.41 Å². The second-order valence-electron chi connectivity index (χ2n) is 9.61. The van der Waals surface area contributed by atoms with Gasteiger partial charge in [-0.3, -0.25) is 4.90 Å². The number of rotatable bonds is 4. The van der Waals surface area contributed by atoms with E-state index in [2.05, 4.69) is 50.8 Å². The molecule has 26 heavy (non-hydrogen) atoms. The molecule has 0 amide bonds. The Morgan fingerprint density at radius 3 is 2.42 bits per heavy atom. The number of aliphatic hydroxyl groups is 2. The number of nitrogens with two attached hydrogens (primary N) is 1. The maximum Gasteiger partial charge on any atom is 0.0938 e. The highest BCUT2D eigenvalue weighted by Gasteiger charge is 2.34. The summed E-state index contributed by atoms with van der Waals surface area (Å²) in [7, 11) is 0. The predicted molar refractivity (Wildman–Crippen MR) is 108 cm³/mol. The summed E-state index contributed by atoms with van der Waals surface area (Å²) in [5, 5.41) is 19.6. The fraction of sp³-hybridized carbons (Fsp3) is 0.636. The van der Waals surface area contributed by atoms with Crippen LogP contribution in [0, 0.1) is 5.41 Å². The number of benzene rings is 1. The number of nitrogens with zero attached hydrogens (tertiary/aromatic N) is 1. The Labute approximate surface area is 157 Å². The summed E-state index contributed by atoms with van der Waals surface area (Å²) in [5.41, 5.74) is 11.3. The monoisotopic (exact) mass is 358 g/mol. The van der Waals surface area contributed by atoms with Gasteiger partial charge in [0.2, 0.25) is 0 Å². The predicted octanol–water partition coefficient (Wildman–Crippen LogP) is 3.18. The first-order valence-corrected chi connectivity index (χ1v) is 9.75. The van der Waals surface area contributed by atoms with E-state index in [1.165, 1.54) is 23.1 Å². The van der Waals surface area contributed by atoms with Crippen LogP contribution in [0.3, 0.4) is 0 Å². The molecule has 2 unspecified atom stereocenters. The second-order valence-corrected chi connectivity index (χ2v) is 9.61. The highest BCUT2D eigenvalue weighted by Crippen LogP contribution is 2.40. The Morgan fingerprint density at radius 1 is 1.19 bits per heavy atom. The van der Waals surface area contributed by atoms with Gasteiger partial charge >= 0.3 is 0 Å². The zero-order valence-corrected chi connectivity index (χ0v) is 16.6. The number of β-amino-alcohol motifs (C(OH)–C–C–N with tert-alkyl or cyclic N) is 2. The van der Waals surface area contributed by atoms with E-state index in [1.807, 2.05) is 6.07 Å². The third-order valence-electron chi connectivity index (χ3n) is 6.11. The molecule has 1 aliphatic carbocycles. The Balaban J connectivity index is 1.81. The lowest BCUT2D eigenvalue weighted by molar-refractivity contribution is 0.0572. The van der Waals surface area contributed by atoms with Crippen LogP contribution in [0.15, 0.2) is 24.3 Å². The summed E-state index contributed by atoms with van der Waals surface area (Å²) in [5.74, 6) is 0. The lowest BCUT2D eigenvalue weighted by atomic mass is 9.76. The minimum absolute atomic E-state index is 0.0826. The van der Waals surface area contributed by atoms with Gasteiger partial charge in [0.1, 0.15) is 0 Å². The topological polar surface area (TPSA) is 69.7 Å². The number of aliphatic hydroxyl groups excluding tert-OH is 2. The van der Waals surface area contributed by atoms with Crippen LogP contribution in [0.2, 0.25) is 0 Å². The van der Waals surface area contributed by atoms with Crippen molar-refractivity contribution in [3.63, 3.8) is 0 Å². The van der Waals surface area contributed by atoms with Crippen LogP contribution >= 0.6 is 0 Å². The van der Waals surface area contributed by atoms with Gasteiger partial charge in [-0.1, -0.05) is 39.8 Å². The molecule has 1 heterocycles. The van der Waals surface area contributed by atoms with Crippen molar-refractivity contribution >= 4 is 11.3 Å². The number of anilines is 1. The van der Waals surface area contributed by atoms with Crippen LogP contribution < -0.4 is 5.73 Å². The van der Waals surface area contributed by atoms with Crippen molar-refractivity contribution in [1.82, 2.24) is 4.90 Å². The van der Waals surface area contributed by atoms with E-state index in [1.54, 1.807) is 0 Å². The first kappa shape index (κ1) is 19.4. The van der Waals surface area contributed by atoms with Crippen LogP contribution in [0.1, 0.15) is 58.1 Å². The van der Waals surface area contributed by atoms with Gasteiger partial charge in [-0.25, -0.2) is 0 Å². The Hall–Kier alpha value is -1.36. The van der Waals surface area contributed by atoms with Gasteiger partial charge in [-0.2, -0.15) is 0 Å². The van der Waals surface area contributed by atoms with Crippen molar-refractivity contribution in [2.75, 3.05) is 25.4 Å². The largest absolute Gasteiger partial charge is 0.398 e. The number of likely N-dealkylation sites (tertiary alicyclic amines) is 1. The highest BCUT2D eigenvalue weighted by molar-refractivity contribution is 5.76. The molecule has 0 bridgehead atoms. The molecule has 0 spiro atoms. The summed E-state index contributed by atoms with van der Waals surface area (Å²) in [6, 6.07) is 6.40. The quantitative estimate of drug-likeness (QED) is 0.723. The lowest BCUT2D eigenvalue weighted by Crippen LogP contribution is -2.36. The first-order valence-electron chi connectivity index (χ1n) is 9.75. The molecule has 1 fully saturated rings. The van der Waals surface area contributed by atoms with Gasteiger partial charge in [-0.15, -0.1) is 0 Å². The molecule has 0 saturated carbocycles. The SMILES string of the molecule is CC1(C)CC=C(c2cc(C(C)(C)CN3CC(O)C(O)C3)ccc2N)CC1. The molecule has 3 rings (SSSR count). The van der Waals surface area contributed by atoms with Crippen LogP contribution in [0.4, 0.5) is 5.69 Å². The second kappa shape index (κ2) is 6.99. The van der Waals surface area contributed by atoms with Crippen molar-refractivity contribution in [3.05, 3.63) is 35.4 Å². The fourth-order valence-electron chi connectivity index (χ4n) is 4.20. The number of hydrogen-bond donors (Lipinski definition) is 3. The van der Waals surface area contributed by atoms with E-state index < -0.39 is 12.2 Å². The summed E-state index contributed by atoms with van der Waals surface area (Å²) >= 11 is 0. The van der Waals surface area contributed by atoms with Crippen molar-refractivity contribution in [1.29, 1.82) is 0 Å². The van der Waals surface area contributed by atoms with E-state index in [0.717, 1.165) is 25.1 Å². The zero-order valence-electron chi connectivity index (χ0n) is 16.6. The minimum Gasteiger partial charge on any atom is -0.398 e. The molecule has 4 nitrogen and oxygen atoms in total. The molecule has 0 aromatic heterocycles. The van der Waals surface area contributed by atoms with Crippen molar-refractivity contribution in [2.45, 2.75) is 64.6 Å². The Bertz CT molecular complexity index is 683. The van der Waals surface area contributed by atoms with Gasteiger partial charge in [0.15, 0.2) is 0 Å². The van der Waals surface area contributed by atoms with Crippen molar-refractivity contribution < 1.29 is 10.2 Å². The van der Waals surface area contributed by atoms with Crippen LogP contribution in [-0.2, 0) is 5.41 Å². The fourth-order valence-corrected chi connectivity index (χ4v) is 4.20. The van der Waals surface area contributed by atoms with Crippen LogP contribution in [0.25, 0.3) is 5.57 Å². The normalized spacial score (nSPS) is 26.8. The Morgan fingerprint density at radius 2 is 1.85 bits per heavy atom. The van der Waals surface area contributed by atoms with E-state index >= 15 is 0 Å². The van der Waals surface area contributed by atoms with Gasteiger partial charge < -0.3 is 15.9 Å². The van der Waals surface area contributed by atoms with E-state index in [-0.39, 0.29) is 5.41 Å². The standard InChI is InChI=1S/C22H34N2O2/c1-21(2)9-7-15(8-10-21)17-11-16(5-6-18(17)23)22(3,4)14-24-12-19(25)20(26)13-24/h5-7,11,19-20,25-26H,8-10,12-14,23H2,1-4H3. The van der Waals surface area contributed by atoms with Gasteiger partial charge in [-0.05, 0) is 47.9 Å². The molecule has 1 aromatic carbocycles.